The lowest BCUT2D eigenvalue weighted by molar-refractivity contribution is -0.120. The number of hydrogen-bond acceptors (Lipinski definition) is 5. The Morgan fingerprint density at radius 2 is 1.53 bits per heavy atom. The number of nitrogens with one attached hydrogen (secondary N) is 1. The molecule has 1 atom stereocenters. The highest BCUT2D eigenvalue weighted by molar-refractivity contribution is 8.00. The van der Waals surface area contributed by atoms with E-state index in [1.807, 2.05) is 103 Å². The molecule has 0 saturated carbocycles. The molecule has 0 aliphatic heterocycles. The molecule has 0 saturated heterocycles. The number of benzene rings is 3. The molecule has 0 bridgehead atoms. The van der Waals surface area contributed by atoms with Gasteiger partial charge >= 0.3 is 0 Å². The molecule has 0 radical (unpaired) electrons. The van der Waals surface area contributed by atoms with Crippen LogP contribution >= 0.6 is 11.8 Å². The summed E-state index contributed by atoms with van der Waals surface area (Å²) in [5.74, 6) is 1.40. The number of aromatic nitrogens is 3. The lowest BCUT2D eigenvalue weighted by Crippen LogP contribution is -2.35. The minimum Gasteiger partial charge on any atom is -0.496 e. The fourth-order valence-corrected chi connectivity index (χ4v) is 4.73. The van der Waals surface area contributed by atoms with Crippen molar-refractivity contribution >= 4 is 17.7 Å². The molecule has 1 N–H and O–H groups in total. The molecule has 0 aliphatic carbocycles. The minimum absolute atomic E-state index is 0.0628. The van der Waals surface area contributed by atoms with Crippen molar-refractivity contribution in [2.75, 3.05) is 7.11 Å². The van der Waals surface area contributed by atoms with Crippen LogP contribution in [0.3, 0.4) is 0 Å². The Morgan fingerprint density at radius 1 is 0.941 bits per heavy atom. The van der Waals surface area contributed by atoms with Gasteiger partial charge in [0.25, 0.3) is 0 Å². The van der Waals surface area contributed by atoms with E-state index >= 15 is 0 Å². The lowest BCUT2D eigenvalue weighted by atomic mass is 9.98. The highest BCUT2D eigenvalue weighted by Gasteiger charge is 2.24. The van der Waals surface area contributed by atoms with Crippen LogP contribution in [0.1, 0.15) is 31.0 Å². The van der Waals surface area contributed by atoms with E-state index in [2.05, 4.69) is 15.5 Å². The summed E-state index contributed by atoms with van der Waals surface area (Å²) in [5, 5.41) is 12.4. The van der Waals surface area contributed by atoms with Crippen LogP contribution in [0.25, 0.3) is 11.4 Å². The molecule has 34 heavy (non-hydrogen) atoms. The van der Waals surface area contributed by atoms with Crippen molar-refractivity contribution in [3.05, 3.63) is 96.1 Å². The number of hydrogen-bond donors (Lipinski definition) is 1. The van der Waals surface area contributed by atoms with Crippen molar-refractivity contribution < 1.29 is 9.53 Å². The first-order valence-corrected chi connectivity index (χ1v) is 12.1. The van der Waals surface area contributed by atoms with E-state index in [0.717, 1.165) is 28.3 Å². The first kappa shape index (κ1) is 23.6. The van der Waals surface area contributed by atoms with Crippen LogP contribution in [0.15, 0.2) is 90.1 Å². The van der Waals surface area contributed by atoms with Crippen molar-refractivity contribution in [2.45, 2.75) is 36.8 Å². The molecule has 4 rings (SSSR count). The van der Waals surface area contributed by atoms with E-state index in [1.54, 1.807) is 7.11 Å². The van der Waals surface area contributed by atoms with Crippen LogP contribution in [-0.4, -0.2) is 33.0 Å². The Hall–Kier alpha value is -3.58. The zero-order valence-electron chi connectivity index (χ0n) is 19.5. The smallest absolute Gasteiger partial charge is 0.234 e. The number of nitrogens with zero attached hydrogens (tertiary/aromatic N) is 3. The number of ether oxygens (including phenoxy) is 1. The van der Waals surface area contributed by atoms with Gasteiger partial charge in [0, 0.05) is 6.54 Å². The quantitative estimate of drug-likeness (QED) is 0.332. The average molecular weight is 473 g/mol. The first-order chi connectivity index (χ1) is 16.6. The van der Waals surface area contributed by atoms with Gasteiger partial charge in [-0.15, -0.1) is 10.2 Å². The molecule has 7 heteroatoms. The van der Waals surface area contributed by atoms with Gasteiger partial charge in [0.05, 0.1) is 24.0 Å². The van der Waals surface area contributed by atoms with Gasteiger partial charge in [-0.25, -0.2) is 0 Å². The summed E-state index contributed by atoms with van der Waals surface area (Å²) in [6.45, 7) is 4.61. The topological polar surface area (TPSA) is 69.0 Å². The summed E-state index contributed by atoms with van der Waals surface area (Å²) in [5.41, 5.74) is 2.94. The Labute approximate surface area is 204 Å². The Morgan fingerprint density at radius 3 is 2.12 bits per heavy atom. The Kier molecular flexibility index (Phi) is 7.65. The number of carbonyl (C=O) groups excluding carboxylic acids is 1. The van der Waals surface area contributed by atoms with Gasteiger partial charge in [-0.05, 0) is 37.1 Å². The zero-order chi connectivity index (χ0) is 23.9. The third-order valence-corrected chi connectivity index (χ3v) is 6.67. The molecule has 0 spiro atoms. The second-order valence-electron chi connectivity index (χ2n) is 7.77. The fourth-order valence-electron chi connectivity index (χ4n) is 3.81. The van der Waals surface area contributed by atoms with Crippen molar-refractivity contribution in [2.24, 2.45) is 0 Å². The van der Waals surface area contributed by atoms with Crippen LogP contribution < -0.4 is 10.1 Å². The van der Waals surface area contributed by atoms with Crippen LogP contribution in [0.4, 0.5) is 0 Å². The van der Waals surface area contributed by atoms with Gasteiger partial charge in [0.15, 0.2) is 11.0 Å². The van der Waals surface area contributed by atoms with Crippen molar-refractivity contribution in [1.29, 1.82) is 0 Å². The third-order valence-electron chi connectivity index (χ3n) is 5.58. The number of para-hydroxylation sites is 1. The van der Waals surface area contributed by atoms with Gasteiger partial charge in [0.1, 0.15) is 5.75 Å². The predicted octanol–water partition coefficient (Wildman–Crippen LogP) is 5.36. The Balaban J connectivity index is 1.55. The summed E-state index contributed by atoms with van der Waals surface area (Å²) in [4.78, 5) is 13.3. The molecule has 6 nitrogen and oxygen atoms in total. The SMILES string of the molecule is CCn1c(SC(C)C(=O)NC(c2ccccc2)c2ccccc2)nnc1-c1ccccc1OC. The highest BCUT2D eigenvalue weighted by Crippen LogP contribution is 2.32. The molecular formula is C27H28N4O2S. The van der Waals surface area contributed by atoms with Crippen LogP contribution in [0.5, 0.6) is 5.75 Å². The zero-order valence-corrected chi connectivity index (χ0v) is 20.3. The molecule has 1 heterocycles. The maximum absolute atomic E-state index is 13.3. The molecule has 1 aromatic heterocycles. The standard InChI is InChI=1S/C27H28N4O2S/c1-4-31-25(22-17-11-12-18-23(22)33-3)29-30-27(31)34-19(2)26(32)28-24(20-13-7-5-8-14-20)21-15-9-6-10-16-21/h5-19,24H,4H2,1-3H3,(H,28,32). The second-order valence-corrected chi connectivity index (χ2v) is 9.08. The summed E-state index contributed by atoms with van der Waals surface area (Å²) in [6, 6.07) is 27.5. The first-order valence-electron chi connectivity index (χ1n) is 11.3. The number of amides is 1. The van der Waals surface area contributed by atoms with Crippen molar-refractivity contribution in [1.82, 2.24) is 20.1 Å². The summed E-state index contributed by atoms with van der Waals surface area (Å²) in [7, 11) is 1.64. The normalized spacial score (nSPS) is 11.9. The monoisotopic (exact) mass is 472 g/mol. The van der Waals surface area contributed by atoms with E-state index in [-0.39, 0.29) is 17.2 Å². The number of thioether (sulfide) groups is 1. The molecule has 0 fully saturated rings. The Bertz CT molecular complexity index is 1190. The van der Waals surface area contributed by atoms with E-state index < -0.39 is 0 Å². The maximum Gasteiger partial charge on any atom is 0.234 e. The van der Waals surface area contributed by atoms with Gasteiger partial charge in [0.2, 0.25) is 5.91 Å². The van der Waals surface area contributed by atoms with Crippen LogP contribution in [0.2, 0.25) is 0 Å². The fraction of sp³-hybridized carbons (Fsp3) is 0.222. The van der Waals surface area contributed by atoms with Gasteiger partial charge in [-0.1, -0.05) is 84.6 Å². The largest absolute Gasteiger partial charge is 0.496 e. The second kappa shape index (κ2) is 11.0. The highest BCUT2D eigenvalue weighted by atomic mass is 32.2. The van der Waals surface area contributed by atoms with E-state index in [4.69, 9.17) is 4.74 Å². The summed E-state index contributed by atoms with van der Waals surface area (Å²) >= 11 is 1.40. The van der Waals surface area contributed by atoms with E-state index in [0.29, 0.717) is 11.7 Å². The van der Waals surface area contributed by atoms with E-state index in [9.17, 15) is 4.79 Å². The van der Waals surface area contributed by atoms with Gasteiger partial charge in [-0.2, -0.15) is 0 Å². The third kappa shape index (κ3) is 5.15. The molecule has 4 aromatic rings. The average Bonchev–Trinajstić information content (AvgIpc) is 3.30. The summed E-state index contributed by atoms with van der Waals surface area (Å²) < 4.78 is 7.52. The maximum atomic E-state index is 13.3. The molecule has 0 aliphatic rings. The molecular weight excluding hydrogens is 444 g/mol. The lowest BCUT2D eigenvalue weighted by Gasteiger charge is -2.22. The number of carbonyl (C=O) groups is 1. The van der Waals surface area contributed by atoms with Crippen LogP contribution in [0, 0.1) is 0 Å². The van der Waals surface area contributed by atoms with Gasteiger partial charge < -0.3 is 14.6 Å². The molecule has 1 amide bonds. The number of methoxy groups -OCH3 is 1. The summed E-state index contributed by atoms with van der Waals surface area (Å²) in [6.07, 6.45) is 0. The molecule has 3 aromatic carbocycles. The van der Waals surface area contributed by atoms with Gasteiger partial charge in [-0.3, -0.25) is 4.79 Å². The van der Waals surface area contributed by atoms with Crippen LogP contribution in [-0.2, 0) is 11.3 Å². The van der Waals surface area contributed by atoms with E-state index in [1.165, 1.54) is 11.8 Å². The van der Waals surface area contributed by atoms with Crippen molar-refractivity contribution in [3.63, 3.8) is 0 Å². The minimum atomic E-state index is -0.366. The predicted molar refractivity (Wildman–Crippen MR) is 136 cm³/mol. The number of rotatable bonds is 9. The molecule has 1 unspecified atom stereocenters. The molecule has 174 valence electrons. The van der Waals surface area contributed by atoms with Crippen molar-refractivity contribution in [3.8, 4) is 17.1 Å².